The summed E-state index contributed by atoms with van der Waals surface area (Å²) in [6, 6.07) is 12.5. The van der Waals surface area contributed by atoms with Crippen molar-refractivity contribution in [3.8, 4) is 5.75 Å². The molecule has 5 rings (SSSR count). The van der Waals surface area contributed by atoms with E-state index in [9.17, 15) is 10.0 Å². The number of pyridine rings is 1. The second-order valence-electron chi connectivity index (χ2n) is 10.5. The normalized spacial score (nSPS) is 30.8. The molecule has 3 aliphatic rings. The Hall–Kier alpha value is -2.89. The Kier molecular flexibility index (Phi) is 6.32. The van der Waals surface area contributed by atoms with Gasteiger partial charge in [-0.2, -0.15) is 0 Å². The van der Waals surface area contributed by atoms with E-state index in [-0.39, 0.29) is 11.3 Å². The van der Waals surface area contributed by atoms with Crippen LogP contribution in [-0.2, 0) is 11.2 Å². The van der Waals surface area contributed by atoms with Gasteiger partial charge in [-0.15, -0.1) is 0 Å². The van der Waals surface area contributed by atoms with Crippen LogP contribution < -0.4 is 10.1 Å². The van der Waals surface area contributed by atoms with Gasteiger partial charge in [0.2, 0.25) is 5.91 Å². The summed E-state index contributed by atoms with van der Waals surface area (Å²) >= 11 is 0. The maximum atomic E-state index is 12.5. The highest BCUT2D eigenvalue weighted by Gasteiger charge is 2.57. The van der Waals surface area contributed by atoms with Crippen LogP contribution in [0.2, 0.25) is 0 Å². The maximum absolute atomic E-state index is 12.5. The van der Waals surface area contributed by atoms with E-state index in [0.29, 0.717) is 41.7 Å². The average molecular weight is 462 g/mol. The third kappa shape index (κ3) is 4.08. The highest BCUT2D eigenvalue weighted by atomic mass is 16.5. The molecule has 180 valence electrons. The largest absolute Gasteiger partial charge is 0.495 e. The summed E-state index contributed by atoms with van der Waals surface area (Å²) in [7, 11) is 1.59. The van der Waals surface area contributed by atoms with Crippen LogP contribution >= 0.6 is 0 Å². The molecule has 1 aromatic carbocycles. The lowest BCUT2D eigenvalue weighted by Gasteiger charge is -2.50. The minimum atomic E-state index is -0.0257. The van der Waals surface area contributed by atoms with Crippen molar-refractivity contribution in [1.29, 1.82) is 0 Å². The lowest BCUT2D eigenvalue weighted by Crippen LogP contribution is -2.44. The molecule has 0 aliphatic heterocycles. The predicted octanol–water partition coefficient (Wildman–Crippen LogP) is 5.81. The van der Waals surface area contributed by atoms with E-state index in [2.05, 4.69) is 46.6 Å². The number of hydrogen-bond acceptors (Lipinski definition) is 5. The van der Waals surface area contributed by atoms with Gasteiger partial charge in [0.25, 0.3) is 0 Å². The molecule has 1 amide bonds. The minimum Gasteiger partial charge on any atom is -0.495 e. The third-order valence-corrected chi connectivity index (χ3v) is 8.85. The van der Waals surface area contributed by atoms with Gasteiger partial charge in [-0.25, -0.2) is 4.98 Å². The summed E-state index contributed by atoms with van der Waals surface area (Å²) < 4.78 is 5.12. The van der Waals surface area contributed by atoms with Crippen LogP contribution in [0, 0.1) is 23.2 Å². The SMILES string of the molecule is COc1ccc(NC(=O)CCC[C@@H]2C/C(=N\O)[C@@]3(C)CCC4c5ccccc5CCC4C23)nc1. The van der Waals surface area contributed by atoms with Gasteiger partial charge < -0.3 is 15.3 Å². The lowest BCUT2D eigenvalue weighted by atomic mass is 9.54. The summed E-state index contributed by atoms with van der Waals surface area (Å²) in [5.74, 6) is 3.40. The van der Waals surface area contributed by atoms with Crippen LogP contribution in [-0.4, -0.2) is 28.9 Å². The highest BCUT2D eigenvalue weighted by molar-refractivity contribution is 5.92. The molecule has 2 saturated carbocycles. The number of rotatable bonds is 6. The number of ether oxygens (including phenoxy) is 1. The summed E-state index contributed by atoms with van der Waals surface area (Å²) in [6.45, 7) is 2.32. The van der Waals surface area contributed by atoms with E-state index >= 15 is 0 Å². The first kappa shape index (κ1) is 22.9. The number of benzene rings is 1. The Labute approximate surface area is 201 Å². The van der Waals surface area contributed by atoms with Crippen molar-refractivity contribution in [2.75, 3.05) is 12.4 Å². The molecule has 2 aromatic rings. The minimum absolute atomic E-state index is 0.0115. The summed E-state index contributed by atoms with van der Waals surface area (Å²) in [5.41, 5.74) is 4.01. The molecule has 1 aromatic heterocycles. The van der Waals surface area contributed by atoms with Crippen molar-refractivity contribution in [2.45, 2.75) is 64.2 Å². The number of nitrogens with one attached hydrogen (secondary N) is 1. The average Bonchev–Trinajstić information content (AvgIpc) is 3.16. The molecule has 0 radical (unpaired) electrons. The molecule has 6 heteroatoms. The second-order valence-corrected chi connectivity index (χ2v) is 10.5. The topological polar surface area (TPSA) is 83.8 Å². The molecule has 3 unspecified atom stereocenters. The molecule has 0 spiro atoms. The number of aryl methyl sites for hydroxylation is 1. The van der Waals surface area contributed by atoms with Gasteiger partial charge in [0.1, 0.15) is 11.6 Å². The first-order chi connectivity index (χ1) is 16.5. The molecule has 0 saturated heterocycles. The smallest absolute Gasteiger partial charge is 0.225 e. The lowest BCUT2D eigenvalue weighted by molar-refractivity contribution is -0.116. The van der Waals surface area contributed by atoms with Gasteiger partial charge in [0, 0.05) is 11.8 Å². The molecule has 3 aliphatic carbocycles. The molecule has 0 bridgehead atoms. The van der Waals surface area contributed by atoms with E-state index < -0.39 is 0 Å². The Morgan fingerprint density at radius 1 is 1.26 bits per heavy atom. The quantitative estimate of drug-likeness (QED) is 0.420. The Morgan fingerprint density at radius 3 is 2.88 bits per heavy atom. The maximum Gasteiger partial charge on any atom is 0.225 e. The van der Waals surface area contributed by atoms with E-state index in [1.807, 2.05) is 0 Å². The summed E-state index contributed by atoms with van der Waals surface area (Å²) in [5, 5.41) is 16.6. The van der Waals surface area contributed by atoms with Crippen LogP contribution in [0.4, 0.5) is 5.82 Å². The van der Waals surface area contributed by atoms with Crippen molar-refractivity contribution in [1.82, 2.24) is 4.98 Å². The monoisotopic (exact) mass is 461 g/mol. The molecule has 2 fully saturated rings. The fourth-order valence-corrected chi connectivity index (χ4v) is 7.33. The number of carbonyl (C=O) groups excluding carboxylic acids is 1. The zero-order chi connectivity index (χ0) is 23.7. The number of hydrogen-bond donors (Lipinski definition) is 2. The van der Waals surface area contributed by atoms with Gasteiger partial charge in [-0.1, -0.05) is 36.3 Å². The van der Waals surface area contributed by atoms with Crippen molar-refractivity contribution in [3.63, 3.8) is 0 Å². The fraction of sp³-hybridized carbons (Fsp3) is 0.536. The molecule has 2 N–H and O–H groups in total. The van der Waals surface area contributed by atoms with Crippen LogP contribution in [0.3, 0.4) is 0 Å². The molecule has 1 heterocycles. The molecular weight excluding hydrogens is 426 g/mol. The van der Waals surface area contributed by atoms with E-state index in [1.165, 1.54) is 12.0 Å². The van der Waals surface area contributed by atoms with E-state index in [4.69, 9.17) is 4.74 Å². The van der Waals surface area contributed by atoms with Crippen molar-refractivity contribution in [2.24, 2.45) is 28.3 Å². The van der Waals surface area contributed by atoms with Crippen molar-refractivity contribution < 1.29 is 14.7 Å². The van der Waals surface area contributed by atoms with Crippen LogP contribution in [0.1, 0.15) is 68.9 Å². The summed E-state index contributed by atoms with van der Waals surface area (Å²) in [6.07, 6.45) is 9.32. The number of methoxy groups -OCH3 is 1. The van der Waals surface area contributed by atoms with Gasteiger partial charge >= 0.3 is 0 Å². The Morgan fingerprint density at radius 2 is 2.12 bits per heavy atom. The van der Waals surface area contributed by atoms with E-state index in [0.717, 1.165) is 44.2 Å². The number of nitrogens with zero attached hydrogens (tertiary/aromatic N) is 2. The van der Waals surface area contributed by atoms with Crippen LogP contribution in [0.5, 0.6) is 5.75 Å². The number of amides is 1. The number of carbonyl (C=O) groups is 1. The van der Waals surface area contributed by atoms with Gasteiger partial charge in [0.05, 0.1) is 19.0 Å². The van der Waals surface area contributed by atoms with Crippen LogP contribution in [0.15, 0.2) is 47.8 Å². The molecule has 34 heavy (non-hydrogen) atoms. The number of fused-ring (bicyclic) bond motifs is 5. The third-order valence-electron chi connectivity index (χ3n) is 8.85. The summed E-state index contributed by atoms with van der Waals surface area (Å²) in [4.78, 5) is 16.7. The Bertz CT molecular complexity index is 1070. The predicted molar refractivity (Wildman–Crippen MR) is 132 cm³/mol. The fourth-order valence-electron chi connectivity index (χ4n) is 7.33. The van der Waals surface area contributed by atoms with E-state index in [1.54, 1.807) is 31.0 Å². The number of aromatic nitrogens is 1. The molecular formula is C28H35N3O3. The van der Waals surface area contributed by atoms with Crippen molar-refractivity contribution in [3.05, 3.63) is 53.7 Å². The first-order valence-corrected chi connectivity index (χ1v) is 12.6. The second kappa shape index (κ2) is 9.40. The first-order valence-electron chi connectivity index (χ1n) is 12.6. The van der Waals surface area contributed by atoms with Crippen LogP contribution in [0.25, 0.3) is 0 Å². The molecule has 6 nitrogen and oxygen atoms in total. The Balaban J connectivity index is 1.26. The highest BCUT2D eigenvalue weighted by Crippen LogP contribution is 2.62. The standard InChI is InChI=1S/C28H35N3O3/c1-28-15-14-22-21-8-4-3-6-18(21)10-12-23(22)27(28)19(16-24(28)31-33)7-5-9-26(32)30-25-13-11-20(34-2)17-29-25/h3-4,6,8,11,13,17,19,22-23,27,33H,5,7,9-10,12,14-16H2,1-2H3,(H,29,30,32)/b31-24+/t19-,22?,23?,27?,28-/m1/s1. The number of oxime groups is 1. The molecule has 5 atom stereocenters. The van der Waals surface area contributed by atoms with Gasteiger partial charge in [-0.05, 0) is 91.9 Å². The zero-order valence-electron chi connectivity index (χ0n) is 20.2. The van der Waals surface area contributed by atoms with Crippen molar-refractivity contribution >= 4 is 17.4 Å². The van der Waals surface area contributed by atoms with Gasteiger partial charge in [0.15, 0.2) is 0 Å². The van der Waals surface area contributed by atoms with Gasteiger partial charge in [-0.3, -0.25) is 4.79 Å². The zero-order valence-corrected chi connectivity index (χ0v) is 20.2. The number of anilines is 1.